The van der Waals surface area contributed by atoms with E-state index < -0.39 is 0 Å². The number of anilines is 2. The fourth-order valence-electron chi connectivity index (χ4n) is 4.25. The zero-order chi connectivity index (χ0) is 24.0. The lowest BCUT2D eigenvalue weighted by molar-refractivity contribution is -0.116. The van der Waals surface area contributed by atoms with Gasteiger partial charge < -0.3 is 4.90 Å². The summed E-state index contributed by atoms with van der Waals surface area (Å²) < 4.78 is 1.55. The zero-order valence-corrected chi connectivity index (χ0v) is 20.5. The molecule has 7 nitrogen and oxygen atoms in total. The van der Waals surface area contributed by atoms with Crippen molar-refractivity contribution in [2.24, 2.45) is 0 Å². The number of para-hydroxylation sites is 1. The molecule has 2 aromatic carbocycles. The summed E-state index contributed by atoms with van der Waals surface area (Å²) in [4.78, 5) is 32.4. The topological polar surface area (TPSA) is 80.1 Å². The Bertz CT molecular complexity index is 1430. The van der Waals surface area contributed by atoms with E-state index in [-0.39, 0.29) is 17.0 Å². The molecule has 0 radical (unpaired) electrons. The van der Waals surface area contributed by atoms with Gasteiger partial charge in [0.1, 0.15) is 10.7 Å². The Balaban J connectivity index is 1.40. The van der Waals surface area contributed by atoms with E-state index in [2.05, 4.69) is 21.5 Å². The highest BCUT2D eigenvalue weighted by molar-refractivity contribution is 7.16. The number of carbonyl (C=O) groups is 2. The first-order valence-corrected chi connectivity index (χ1v) is 12.0. The van der Waals surface area contributed by atoms with Gasteiger partial charge in [-0.15, -0.1) is 11.3 Å². The van der Waals surface area contributed by atoms with Gasteiger partial charge in [-0.1, -0.05) is 35.9 Å². The van der Waals surface area contributed by atoms with E-state index >= 15 is 0 Å². The number of nitrogens with one attached hydrogen (secondary N) is 1. The number of halogens is 1. The number of hydrogen-bond acceptors (Lipinski definition) is 5. The minimum Gasteiger partial charge on any atom is -0.312 e. The maximum atomic E-state index is 13.1. The van der Waals surface area contributed by atoms with E-state index in [1.807, 2.05) is 49.4 Å². The first-order valence-electron chi connectivity index (χ1n) is 10.8. The normalized spacial score (nSPS) is 12.6. The maximum Gasteiger partial charge on any atom is 0.262 e. The highest BCUT2D eigenvalue weighted by Gasteiger charge is 2.25. The van der Waals surface area contributed by atoms with Crippen molar-refractivity contribution >= 4 is 45.6 Å². The number of thiazole rings is 1. The monoisotopic (exact) mass is 491 g/mol. The summed E-state index contributed by atoms with van der Waals surface area (Å²) in [5.74, 6) is -0.304. The molecule has 1 N–H and O–H groups in total. The second-order valence-electron chi connectivity index (χ2n) is 8.14. The molecule has 2 aromatic heterocycles. The number of amides is 2. The molecule has 3 heterocycles. The summed E-state index contributed by atoms with van der Waals surface area (Å²) >= 11 is 7.95. The first-order chi connectivity index (χ1) is 16.3. The summed E-state index contributed by atoms with van der Waals surface area (Å²) in [6.45, 7) is 6.01. The average molecular weight is 492 g/mol. The van der Waals surface area contributed by atoms with Crippen LogP contribution in [0.5, 0.6) is 0 Å². The Hall–Kier alpha value is -3.49. The van der Waals surface area contributed by atoms with E-state index in [0.717, 1.165) is 39.5 Å². The molecule has 9 heteroatoms. The molecular formula is C25H22ClN5O2S. The molecule has 0 bridgehead atoms. The highest BCUT2D eigenvalue weighted by Crippen LogP contribution is 2.36. The Morgan fingerprint density at radius 2 is 1.88 bits per heavy atom. The average Bonchev–Trinajstić information content (AvgIpc) is 3.48. The molecule has 172 valence electrons. The van der Waals surface area contributed by atoms with Crippen LogP contribution in [0, 0.1) is 13.8 Å². The van der Waals surface area contributed by atoms with Crippen LogP contribution in [0.25, 0.3) is 16.9 Å². The number of carbonyl (C=O) groups excluding carboxylic acids is 2. The summed E-state index contributed by atoms with van der Waals surface area (Å²) in [6.07, 6.45) is 0.818. The van der Waals surface area contributed by atoms with E-state index in [1.54, 1.807) is 23.4 Å². The van der Waals surface area contributed by atoms with Crippen LogP contribution in [-0.4, -0.2) is 33.1 Å². The van der Waals surface area contributed by atoms with Gasteiger partial charge in [0.2, 0.25) is 5.91 Å². The number of fused-ring (bicyclic) bond motifs is 1. The third-order valence-electron chi connectivity index (χ3n) is 5.88. The van der Waals surface area contributed by atoms with Crippen LogP contribution in [0.2, 0.25) is 5.15 Å². The van der Waals surface area contributed by atoms with Crippen LogP contribution in [0.15, 0.2) is 48.5 Å². The van der Waals surface area contributed by atoms with Crippen molar-refractivity contribution in [2.45, 2.75) is 27.2 Å². The van der Waals surface area contributed by atoms with Crippen LogP contribution in [0.1, 0.15) is 33.4 Å². The predicted molar refractivity (Wildman–Crippen MR) is 135 cm³/mol. The van der Waals surface area contributed by atoms with Crippen molar-refractivity contribution in [1.29, 1.82) is 0 Å². The second kappa shape index (κ2) is 8.70. The van der Waals surface area contributed by atoms with Crippen molar-refractivity contribution < 1.29 is 9.59 Å². The van der Waals surface area contributed by atoms with E-state index in [1.165, 1.54) is 11.3 Å². The summed E-state index contributed by atoms with van der Waals surface area (Å²) in [5, 5.41) is 8.08. The summed E-state index contributed by atoms with van der Waals surface area (Å²) in [6, 6.07) is 15.5. The standard InChI is InChI=1S/C25H22ClN5O2S/c1-14-21(23(26)31(29-14)19-7-5-4-6-8-19)24(33)28-25-27-22(15(2)34-25)18-9-10-20-17(13-18)11-12-30(20)16(3)32/h4-10,13H,11-12H2,1-3H3,(H,27,28,33). The molecule has 34 heavy (non-hydrogen) atoms. The second-order valence-corrected chi connectivity index (χ2v) is 9.70. The molecule has 0 atom stereocenters. The van der Waals surface area contributed by atoms with Gasteiger partial charge in [0.25, 0.3) is 5.91 Å². The minimum atomic E-state index is -0.351. The van der Waals surface area contributed by atoms with Crippen molar-refractivity contribution in [3.63, 3.8) is 0 Å². The molecule has 1 aliphatic rings. The van der Waals surface area contributed by atoms with Crippen LogP contribution in [0.4, 0.5) is 10.8 Å². The van der Waals surface area contributed by atoms with Gasteiger partial charge >= 0.3 is 0 Å². The van der Waals surface area contributed by atoms with E-state index in [9.17, 15) is 9.59 Å². The van der Waals surface area contributed by atoms with Gasteiger partial charge in [0.15, 0.2) is 5.13 Å². The van der Waals surface area contributed by atoms with Crippen LogP contribution in [0.3, 0.4) is 0 Å². The van der Waals surface area contributed by atoms with Gasteiger partial charge in [-0.2, -0.15) is 5.10 Å². The Morgan fingerprint density at radius 3 is 2.62 bits per heavy atom. The summed E-state index contributed by atoms with van der Waals surface area (Å²) in [5.41, 5.74) is 5.49. The predicted octanol–water partition coefficient (Wildman–Crippen LogP) is 5.43. The number of nitrogens with zero attached hydrogens (tertiary/aromatic N) is 4. The molecule has 1 aliphatic heterocycles. The quantitative estimate of drug-likeness (QED) is 0.413. The van der Waals surface area contributed by atoms with Gasteiger partial charge in [-0.05, 0) is 50.1 Å². The number of rotatable bonds is 4. The molecular weight excluding hydrogens is 470 g/mol. The van der Waals surface area contributed by atoms with Crippen molar-refractivity contribution in [3.8, 4) is 16.9 Å². The number of aromatic nitrogens is 3. The molecule has 5 rings (SSSR count). The SMILES string of the molecule is CC(=O)N1CCc2cc(-c3nc(NC(=O)c4c(C)nn(-c5ccccc5)c4Cl)sc3C)ccc21. The summed E-state index contributed by atoms with van der Waals surface area (Å²) in [7, 11) is 0. The largest absolute Gasteiger partial charge is 0.312 e. The molecule has 0 saturated heterocycles. The van der Waals surface area contributed by atoms with Crippen LogP contribution in [-0.2, 0) is 11.2 Å². The zero-order valence-electron chi connectivity index (χ0n) is 18.9. The number of benzene rings is 2. The van der Waals surface area contributed by atoms with E-state index in [0.29, 0.717) is 22.9 Å². The smallest absolute Gasteiger partial charge is 0.262 e. The molecule has 0 aliphatic carbocycles. The number of hydrogen-bond donors (Lipinski definition) is 1. The molecule has 4 aromatic rings. The molecule has 0 fully saturated rings. The lowest BCUT2D eigenvalue weighted by Gasteiger charge is -2.14. The molecule has 0 unspecified atom stereocenters. The lowest BCUT2D eigenvalue weighted by atomic mass is 10.1. The van der Waals surface area contributed by atoms with Crippen LogP contribution >= 0.6 is 22.9 Å². The minimum absolute atomic E-state index is 0.0471. The fourth-order valence-corrected chi connectivity index (χ4v) is 5.44. The Morgan fingerprint density at radius 1 is 1.12 bits per heavy atom. The van der Waals surface area contributed by atoms with Crippen LogP contribution < -0.4 is 10.2 Å². The van der Waals surface area contributed by atoms with E-state index in [4.69, 9.17) is 11.6 Å². The first kappa shape index (κ1) is 22.3. The molecule has 0 spiro atoms. The molecule has 2 amide bonds. The van der Waals surface area contributed by atoms with Crippen molar-refractivity contribution in [3.05, 3.63) is 75.4 Å². The van der Waals surface area contributed by atoms with Gasteiger partial charge in [-0.25, -0.2) is 9.67 Å². The fraction of sp³-hybridized carbons (Fsp3) is 0.200. The third kappa shape index (κ3) is 3.89. The highest BCUT2D eigenvalue weighted by atomic mass is 35.5. The van der Waals surface area contributed by atoms with Crippen molar-refractivity contribution in [1.82, 2.24) is 14.8 Å². The third-order valence-corrected chi connectivity index (χ3v) is 7.11. The Labute approximate surface area is 206 Å². The maximum absolute atomic E-state index is 13.1. The van der Waals surface area contributed by atoms with Gasteiger partial charge in [-0.3, -0.25) is 14.9 Å². The van der Waals surface area contributed by atoms with Crippen molar-refractivity contribution in [2.75, 3.05) is 16.8 Å². The molecule has 0 saturated carbocycles. The lowest BCUT2D eigenvalue weighted by Crippen LogP contribution is -2.25. The van der Waals surface area contributed by atoms with Gasteiger partial charge in [0.05, 0.1) is 17.1 Å². The van der Waals surface area contributed by atoms with Gasteiger partial charge in [0, 0.05) is 29.6 Å². The number of aryl methyl sites for hydroxylation is 2. The Kier molecular flexibility index (Phi) is 5.71.